The molecule has 0 aliphatic carbocycles. The summed E-state index contributed by atoms with van der Waals surface area (Å²) >= 11 is 0. The lowest BCUT2D eigenvalue weighted by molar-refractivity contribution is -0.146. The molecule has 76 valence electrons. The molecular weight excluding hydrogens is 198 g/mol. The van der Waals surface area contributed by atoms with Gasteiger partial charge in [-0.15, -0.1) is 0 Å². The van der Waals surface area contributed by atoms with Crippen LogP contribution in [0.25, 0.3) is 0 Å². The van der Waals surface area contributed by atoms with Crippen LogP contribution in [0.5, 0.6) is 0 Å². The Morgan fingerprint density at radius 3 is 2.46 bits per heavy atom. The molecule has 13 heavy (non-hydrogen) atoms. The molecule has 2 atom stereocenters. The molecule has 2 unspecified atom stereocenters. The van der Waals surface area contributed by atoms with Gasteiger partial charge in [0.25, 0.3) is 0 Å². The number of aliphatic carboxylic acids is 1. The maximum atomic E-state index is 10.6. The zero-order chi connectivity index (χ0) is 10.4. The molecule has 7 heteroatoms. The van der Waals surface area contributed by atoms with E-state index in [1.54, 1.807) is 0 Å². The summed E-state index contributed by atoms with van der Waals surface area (Å²) in [5.74, 6) is -1.13. The molecule has 0 aromatic rings. The van der Waals surface area contributed by atoms with Crippen LogP contribution in [0.15, 0.2) is 0 Å². The maximum absolute atomic E-state index is 10.6. The summed E-state index contributed by atoms with van der Waals surface area (Å²) in [5, 5.41) is 8.50. The van der Waals surface area contributed by atoms with Crippen molar-refractivity contribution in [2.24, 2.45) is 5.73 Å². The minimum absolute atomic E-state index is 0.00137. The number of primary amides is 1. The van der Waals surface area contributed by atoms with Gasteiger partial charge < -0.3 is 15.6 Å². The van der Waals surface area contributed by atoms with Crippen molar-refractivity contribution in [3.63, 3.8) is 0 Å². The Labute approximate surface area is 77.5 Å². The molecule has 0 bridgehead atoms. The molecule has 0 aromatic heterocycles. The van der Waals surface area contributed by atoms with E-state index in [-0.39, 0.29) is 12.2 Å². The Bertz CT molecular complexity index is 229. The highest BCUT2D eigenvalue weighted by atomic mass is 32.2. The Hall–Kier alpha value is -1.11. The highest BCUT2D eigenvalue weighted by Crippen LogP contribution is 2.00. The van der Waals surface area contributed by atoms with E-state index in [0.29, 0.717) is 0 Å². The first-order valence-electron chi connectivity index (χ1n) is 3.42. The van der Waals surface area contributed by atoms with Crippen LogP contribution in [0.3, 0.4) is 0 Å². The van der Waals surface area contributed by atoms with Crippen molar-refractivity contribution in [1.82, 2.24) is 0 Å². The fourth-order valence-corrected chi connectivity index (χ4v) is 1.19. The molecule has 3 N–H and O–H groups in total. The number of carboxylic acids is 1. The van der Waals surface area contributed by atoms with Crippen molar-refractivity contribution in [3.8, 4) is 0 Å². The van der Waals surface area contributed by atoms with Gasteiger partial charge in [0.1, 0.15) is 0 Å². The second-order valence-corrected chi connectivity index (χ2v) is 3.88. The highest BCUT2D eigenvalue weighted by Gasteiger charge is 2.20. The summed E-state index contributed by atoms with van der Waals surface area (Å²) in [6, 6.07) is 0. The third-order valence-electron chi connectivity index (χ3n) is 1.20. The lowest BCUT2D eigenvalue weighted by Crippen LogP contribution is -2.31. The molecule has 0 rings (SSSR count). The van der Waals surface area contributed by atoms with E-state index in [2.05, 4.69) is 10.5 Å². The van der Waals surface area contributed by atoms with Gasteiger partial charge in [-0.05, 0) is 0 Å². The van der Waals surface area contributed by atoms with Gasteiger partial charge >= 0.3 is 12.1 Å². The number of hydrogen-bond donors (Lipinski definition) is 2. The van der Waals surface area contributed by atoms with Crippen molar-refractivity contribution in [2.45, 2.75) is 12.5 Å². The van der Waals surface area contributed by atoms with Gasteiger partial charge in [-0.2, -0.15) is 0 Å². The Balaban J connectivity index is 4.02. The Morgan fingerprint density at radius 2 is 2.15 bits per heavy atom. The number of nitrogens with two attached hydrogens (primary N) is 1. The third kappa shape index (κ3) is 6.09. The molecule has 0 radical (unpaired) electrons. The number of carboxylic acid groups (broad SMARTS) is 1. The van der Waals surface area contributed by atoms with Gasteiger partial charge in [0.15, 0.2) is 0 Å². The zero-order valence-electron chi connectivity index (χ0n) is 7.06. The largest absolute Gasteiger partial charge is 0.479 e. The number of carbonyl (C=O) groups excluding carboxylic acids is 1. The normalized spacial score (nSPS) is 14.5. The van der Waals surface area contributed by atoms with Crippen LogP contribution in [0.4, 0.5) is 4.79 Å². The van der Waals surface area contributed by atoms with E-state index in [9.17, 15) is 13.8 Å². The number of carbonyl (C=O) groups is 2. The van der Waals surface area contributed by atoms with Crippen LogP contribution in [0.1, 0.15) is 6.42 Å². The van der Waals surface area contributed by atoms with Crippen LogP contribution in [-0.4, -0.2) is 39.5 Å². The zero-order valence-corrected chi connectivity index (χ0v) is 7.87. The summed E-state index contributed by atoms with van der Waals surface area (Å²) in [6.45, 7) is 0. The monoisotopic (exact) mass is 209 g/mol. The van der Waals surface area contributed by atoms with Crippen molar-refractivity contribution in [3.05, 3.63) is 0 Å². The number of amides is 1. The van der Waals surface area contributed by atoms with Crippen molar-refractivity contribution < 1.29 is 23.6 Å². The summed E-state index contributed by atoms with van der Waals surface area (Å²) in [7, 11) is -1.11. The Morgan fingerprint density at radius 1 is 1.62 bits per heavy atom. The average molecular weight is 209 g/mol. The van der Waals surface area contributed by atoms with E-state index in [1.807, 2.05) is 0 Å². The number of rotatable bonds is 5. The van der Waals surface area contributed by atoms with E-state index in [1.165, 1.54) is 6.26 Å². The smallest absolute Gasteiger partial charge is 0.405 e. The molecule has 0 aliphatic rings. The van der Waals surface area contributed by atoms with Crippen molar-refractivity contribution >= 4 is 22.9 Å². The molecule has 0 heterocycles. The fraction of sp³-hybridized carbons (Fsp3) is 0.667. The minimum Gasteiger partial charge on any atom is -0.479 e. The summed E-state index contributed by atoms with van der Waals surface area (Å²) in [4.78, 5) is 20.6. The van der Waals surface area contributed by atoms with Crippen LogP contribution in [0.2, 0.25) is 0 Å². The molecule has 1 amide bonds. The number of hydrogen-bond acceptors (Lipinski definition) is 4. The molecule has 0 saturated carbocycles. The van der Waals surface area contributed by atoms with Crippen LogP contribution in [0, 0.1) is 0 Å². The van der Waals surface area contributed by atoms with Crippen LogP contribution < -0.4 is 5.73 Å². The van der Waals surface area contributed by atoms with Crippen molar-refractivity contribution in [2.75, 3.05) is 12.0 Å². The average Bonchev–Trinajstić information content (AvgIpc) is 1.96. The van der Waals surface area contributed by atoms with Gasteiger partial charge in [-0.1, -0.05) is 0 Å². The molecule has 6 nitrogen and oxygen atoms in total. The van der Waals surface area contributed by atoms with E-state index < -0.39 is 29.0 Å². The predicted octanol–water partition coefficient (Wildman–Crippen LogP) is -0.696. The molecule has 0 aromatic carbocycles. The molecule has 0 fully saturated rings. The summed E-state index contributed by atoms with van der Waals surface area (Å²) in [6.07, 6.45) is -1.01. The van der Waals surface area contributed by atoms with Crippen LogP contribution in [-0.2, 0) is 20.3 Å². The minimum atomic E-state index is -1.30. The van der Waals surface area contributed by atoms with Crippen molar-refractivity contribution in [1.29, 1.82) is 0 Å². The van der Waals surface area contributed by atoms with Gasteiger partial charge in [0, 0.05) is 29.2 Å². The van der Waals surface area contributed by atoms with E-state index >= 15 is 0 Å². The van der Waals surface area contributed by atoms with Gasteiger partial charge in [-0.3, -0.25) is 4.21 Å². The predicted molar refractivity (Wildman–Crippen MR) is 45.6 cm³/mol. The molecule has 0 aliphatic heterocycles. The first-order chi connectivity index (χ1) is 5.93. The molecule has 0 saturated heterocycles. The second-order valence-electron chi connectivity index (χ2n) is 2.33. The second kappa shape index (κ2) is 5.52. The lowest BCUT2D eigenvalue weighted by atomic mass is 10.3. The summed E-state index contributed by atoms with van der Waals surface area (Å²) in [5.41, 5.74) is 4.64. The summed E-state index contributed by atoms with van der Waals surface area (Å²) < 4.78 is 14.9. The van der Waals surface area contributed by atoms with E-state index in [4.69, 9.17) is 5.11 Å². The quantitative estimate of drug-likeness (QED) is 0.622. The van der Waals surface area contributed by atoms with Gasteiger partial charge in [0.05, 0.1) is 0 Å². The SMILES string of the molecule is CS(=O)CCC(OC(N)=O)C(=O)O. The lowest BCUT2D eigenvalue weighted by Gasteiger charge is -2.10. The van der Waals surface area contributed by atoms with Gasteiger partial charge in [0.2, 0.25) is 6.10 Å². The van der Waals surface area contributed by atoms with Gasteiger partial charge in [-0.25, -0.2) is 9.59 Å². The molecular formula is C6H11NO5S. The standard InChI is InChI=1S/C6H11NO5S/c1-13(11)3-2-4(5(8)9)12-6(7)10/h4H,2-3H2,1H3,(H2,7,10)(H,8,9). The number of ether oxygens (including phenoxy) is 1. The highest BCUT2D eigenvalue weighted by molar-refractivity contribution is 7.84. The third-order valence-corrected chi connectivity index (χ3v) is 2.01. The fourth-order valence-electron chi connectivity index (χ4n) is 0.646. The van der Waals surface area contributed by atoms with E-state index in [0.717, 1.165) is 0 Å². The first-order valence-corrected chi connectivity index (χ1v) is 5.15. The topological polar surface area (TPSA) is 107 Å². The van der Waals surface area contributed by atoms with Crippen LogP contribution >= 0.6 is 0 Å². The molecule has 0 spiro atoms. The first kappa shape index (κ1) is 11.9. The Kier molecular flexibility index (Phi) is 5.05. The maximum Gasteiger partial charge on any atom is 0.405 e.